The van der Waals surface area contributed by atoms with Crippen molar-refractivity contribution >= 4 is 28.2 Å². The molecule has 0 spiro atoms. The second kappa shape index (κ2) is 6.95. The van der Waals surface area contributed by atoms with Crippen LogP contribution >= 0.6 is 0 Å². The smallest absolute Gasteiger partial charge is 0.306 e. The first-order chi connectivity index (χ1) is 12.3. The number of ether oxygens (including phenoxy) is 1. The summed E-state index contributed by atoms with van der Waals surface area (Å²) in [5.74, 6) is -1.53. The van der Waals surface area contributed by atoms with Crippen LogP contribution in [0.25, 0.3) is 10.9 Å². The molecule has 140 valence electrons. The van der Waals surface area contributed by atoms with Crippen LogP contribution in [0.15, 0.2) is 12.1 Å². The van der Waals surface area contributed by atoms with Gasteiger partial charge in [-0.1, -0.05) is 6.92 Å². The number of carbonyl (C=O) groups is 1. The molecule has 2 aromatic rings. The molecule has 3 rings (SSSR count). The molecule has 8 nitrogen and oxygen atoms in total. The predicted octanol–water partition coefficient (Wildman–Crippen LogP) is 2.49. The van der Waals surface area contributed by atoms with E-state index in [-0.39, 0.29) is 17.0 Å². The van der Waals surface area contributed by atoms with Gasteiger partial charge in [-0.15, -0.1) is 0 Å². The maximum atomic E-state index is 12.0. The van der Waals surface area contributed by atoms with E-state index in [1.165, 1.54) is 0 Å². The molecule has 1 atom stereocenters. The standard InChI is InChI=1S/C18H23N3O5/c1-11(18(22)23)10-13-12(2)19(3)14-4-5-15(17(16(13)14)21(24)25)20-6-8-26-9-7-20/h4-5,11H,6-10H2,1-3H3,(H,22,23). The lowest BCUT2D eigenvalue weighted by Gasteiger charge is -2.28. The number of morpholine rings is 1. The first-order valence-electron chi connectivity index (χ1n) is 8.63. The molecule has 1 aromatic carbocycles. The highest BCUT2D eigenvalue weighted by Gasteiger charge is 2.30. The van der Waals surface area contributed by atoms with Crippen molar-refractivity contribution in [3.8, 4) is 0 Å². The molecular weight excluding hydrogens is 338 g/mol. The van der Waals surface area contributed by atoms with Crippen molar-refractivity contribution < 1.29 is 19.6 Å². The van der Waals surface area contributed by atoms with Crippen molar-refractivity contribution in [2.24, 2.45) is 13.0 Å². The number of rotatable bonds is 5. The van der Waals surface area contributed by atoms with Crippen molar-refractivity contribution in [2.75, 3.05) is 31.2 Å². The number of aryl methyl sites for hydroxylation is 1. The monoisotopic (exact) mass is 361 g/mol. The first kappa shape index (κ1) is 18.2. The number of benzene rings is 1. The third kappa shape index (κ3) is 3.01. The number of hydrogen-bond donors (Lipinski definition) is 1. The van der Waals surface area contributed by atoms with Crippen LogP contribution in [0.5, 0.6) is 0 Å². The van der Waals surface area contributed by atoms with Crippen molar-refractivity contribution in [3.05, 3.63) is 33.5 Å². The Morgan fingerprint density at radius 1 is 1.38 bits per heavy atom. The molecule has 1 aliphatic rings. The summed E-state index contributed by atoms with van der Waals surface area (Å²) in [5, 5.41) is 21.8. The number of nitro benzene ring substituents is 1. The first-order valence-corrected chi connectivity index (χ1v) is 8.63. The van der Waals surface area contributed by atoms with E-state index < -0.39 is 11.9 Å². The van der Waals surface area contributed by atoms with E-state index in [1.54, 1.807) is 13.0 Å². The SMILES string of the molecule is Cc1c(CC(C)C(=O)O)c2c([N+](=O)[O-])c(N3CCOCC3)ccc2n1C. The highest BCUT2D eigenvalue weighted by atomic mass is 16.6. The second-order valence-corrected chi connectivity index (χ2v) is 6.75. The Bertz CT molecular complexity index is 868. The van der Waals surface area contributed by atoms with Crippen LogP contribution < -0.4 is 4.90 Å². The third-order valence-electron chi connectivity index (χ3n) is 5.20. The minimum atomic E-state index is -0.909. The summed E-state index contributed by atoms with van der Waals surface area (Å²) in [7, 11) is 1.85. The van der Waals surface area contributed by atoms with Gasteiger partial charge in [-0.05, 0) is 31.0 Å². The van der Waals surface area contributed by atoms with Crippen molar-refractivity contribution in [1.82, 2.24) is 4.57 Å². The topological polar surface area (TPSA) is 97.8 Å². The molecule has 0 saturated carbocycles. The lowest BCUT2D eigenvalue weighted by atomic mass is 9.97. The average molecular weight is 361 g/mol. The number of carboxylic acids is 1. The van der Waals surface area contributed by atoms with Crippen LogP contribution in [0, 0.1) is 23.0 Å². The van der Waals surface area contributed by atoms with Gasteiger partial charge >= 0.3 is 11.7 Å². The van der Waals surface area contributed by atoms with Gasteiger partial charge in [0.05, 0.1) is 35.0 Å². The Hall–Kier alpha value is -2.61. The van der Waals surface area contributed by atoms with E-state index >= 15 is 0 Å². The fourth-order valence-electron chi connectivity index (χ4n) is 3.60. The van der Waals surface area contributed by atoms with E-state index in [2.05, 4.69) is 0 Å². The number of nitrogens with zero attached hydrogens (tertiary/aromatic N) is 3. The quantitative estimate of drug-likeness (QED) is 0.649. The molecule has 1 unspecified atom stereocenters. The molecule has 1 aromatic heterocycles. The molecule has 1 N–H and O–H groups in total. The molecule has 0 amide bonds. The molecule has 0 aliphatic carbocycles. The number of nitro groups is 1. The Balaban J connectivity index is 2.24. The van der Waals surface area contributed by atoms with Crippen molar-refractivity contribution in [3.63, 3.8) is 0 Å². The van der Waals surface area contributed by atoms with Gasteiger partial charge < -0.3 is 19.3 Å². The molecular formula is C18H23N3O5. The molecule has 2 heterocycles. The highest BCUT2D eigenvalue weighted by molar-refractivity contribution is 5.99. The number of aliphatic carboxylic acids is 1. The normalized spacial score (nSPS) is 16.0. The Morgan fingerprint density at radius 2 is 2.04 bits per heavy atom. The summed E-state index contributed by atoms with van der Waals surface area (Å²) < 4.78 is 7.25. The molecule has 0 radical (unpaired) electrons. The summed E-state index contributed by atoms with van der Waals surface area (Å²) >= 11 is 0. The predicted molar refractivity (Wildman–Crippen MR) is 97.8 cm³/mol. The molecule has 0 bridgehead atoms. The Labute approximate surface area is 151 Å². The average Bonchev–Trinajstić information content (AvgIpc) is 2.86. The highest BCUT2D eigenvalue weighted by Crippen LogP contribution is 2.41. The number of aromatic nitrogens is 1. The van der Waals surface area contributed by atoms with Crippen LogP contribution in [-0.4, -0.2) is 46.9 Å². The van der Waals surface area contributed by atoms with Gasteiger partial charge in [0.15, 0.2) is 0 Å². The molecule has 1 saturated heterocycles. The minimum Gasteiger partial charge on any atom is -0.481 e. The fourth-order valence-corrected chi connectivity index (χ4v) is 3.60. The summed E-state index contributed by atoms with van der Waals surface area (Å²) in [6.07, 6.45) is 0.256. The van der Waals surface area contributed by atoms with Gasteiger partial charge in [0.1, 0.15) is 5.69 Å². The van der Waals surface area contributed by atoms with E-state index in [4.69, 9.17) is 4.74 Å². The van der Waals surface area contributed by atoms with Gasteiger partial charge in [-0.25, -0.2) is 0 Å². The molecule has 1 aliphatic heterocycles. The maximum Gasteiger partial charge on any atom is 0.306 e. The van der Waals surface area contributed by atoms with Gasteiger partial charge in [0, 0.05) is 25.8 Å². The summed E-state index contributed by atoms with van der Waals surface area (Å²) in [6.45, 7) is 5.76. The summed E-state index contributed by atoms with van der Waals surface area (Å²) in [6, 6.07) is 3.67. The number of hydrogen-bond acceptors (Lipinski definition) is 5. The van der Waals surface area contributed by atoms with Crippen LogP contribution in [-0.2, 0) is 23.0 Å². The van der Waals surface area contributed by atoms with Gasteiger partial charge in [0.2, 0.25) is 0 Å². The second-order valence-electron chi connectivity index (χ2n) is 6.75. The van der Waals surface area contributed by atoms with Gasteiger partial charge in [-0.3, -0.25) is 14.9 Å². The molecule has 1 fully saturated rings. The Morgan fingerprint density at radius 3 is 2.62 bits per heavy atom. The van der Waals surface area contributed by atoms with Gasteiger partial charge in [0.25, 0.3) is 0 Å². The minimum absolute atomic E-state index is 0.0562. The zero-order valence-electron chi connectivity index (χ0n) is 15.2. The summed E-state index contributed by atoms with van der Waals surface area (Å²) in [5.41, 5.74) is 2.97. The van der Waals surface area contributed by atoms with Crippen LogP contribution in [0.2, 0.25) is 0 Å². The zero-order chi connectivity index (χ0) is 19.0. The summed E-state index contributed by atoms with van der Waals surface area (Å²) in [4.78, 5) is 24.9. The van der Waals surface area contributed by atoms with Crippen LogP contribution in [0.1, 0.15) is 18.2 Å². The number of anilines is 1. The van der Waals surface area contributed by atoms with E-state index in [0.717, 1.165) is 16.8 Å². The van der Waals surface area contributed by atoms with Crippen LogP contribution in [0.3, 0.4) is 0 Å². The van der Waals surface area contributed by atoms with Crippen molar-refractivity contribution in [1.29, 1.82) is 0 Å². The van der Waals surface area contributed by atoms with E-state index in [9.17, 15) is 20.0 Å². The van der Waals surface area contributed by atoms with E-state index in [1.807, 2.05) is 29.5 Å². The lowest BCUT2D eigenvalue weighted by molar-refractivity contribution is -0.382. The number of carboxylic acid groups (broad SMARTS) is 1. The van der Waals surface area contributed by atoms with Crippen LogP contribution in [0.4, 0.5) is 11.4 Å². The molecule has 8 heteroatoms. The molecule has 26 heavy (non-hydrogen) atoms. The Kier molecular flexibility index (Phi) is 4.86. The third-order valence-corrected chi connectivity index (χ3v) is 5.20. The lowest BCUT2D eigenvalue weighted by Crippen LogP contribution is -2.36. The van der Waals surface area contributed by atoms with Crippen molar-refractivity contribution in [2.45, 2.75) is 20.3 Å². The van der Waals surface area contributed by atoms with Gasteiger partial charge in [-0.2, -0.15) is 0 Å². The zero-order valence-corrected chi connectivity index (χ0v) is 15.2. The van der Waals surface area contributed by atoms with E-state index in [0.29, 0.717) is 37.4 Å². The number of fused-ring (bicyclic) bond motifs is 1. The largest absolute Gasteiger partial charge is 0.481 e. The fraction of sp³-hybridized carbons (Fsp3) is 0.500. The maximum absolute atomic E-state index is 12.0.